The van der Waals surface area contributed by atoms with E-state index in [0.717, 1.165) is 0 Å². The minimum atomic E-state index is -0.335. The maximum Gasteiger partial charge on any atom is 0.255 e. The van der Waals surface area contributed by atoms with E-state index in [1.165, 1.54) is 7.11 Å². The van der Waals surface area contributed by atoms with Crippen molar-refractivity contribution in [1.29, 1.82) is 0 Å². The molecule has 0 spiro atoms. The number of nitrogens with zero attached hydrogens (tertiary/aromatic N) is 1. The van der Waals surface area contributed by atoms with Gasteiger partial charge >= 0.3 is 0 Å². The Bertz CT molecular complexity index is 718. The maximum absolute atomic E-state index is 12.5. The van der Waals surface area contributed by atoms with Crippen molar-refractivity contribution in [3.8, 4) is 17.4 Å². The summed E-state index contributed by atoms with van der Waals surface area (Å²) in [5.74, 6) is 0.887. The van der Waals surface area contributed by atoms with E-state index >= 15 is 0 Å². The molecule has 134 valence electrons. The number of amides is 1. The molecule has 0 saturated carbocycles. The average molecular weight is 346 g/mol. The van der Waals surface area contributed by atoms with E-state index in [2.05, 4.69) is 10.3 Å². The molecule has 0 saturated heterocycles. The summed E-state index contributed by atoms with van der Waals surface area (Å²) < 4.78 is 16.2. The Morgan fingerprint density at radius 1 is 1.28 bits per heavy atom. The summed E-state index contributed by atoms with van der Waals surface area (Å²) in [7, 11) is 1.51. The molecule has 1 aromatic carbocycles. The SMILES string of the molecule is COc1ccc(C(=O)Nc2cccnc2OC(C)C)cc1OCCO. The highest BCUT2D eigenvalue weighted by Gasteiger charge is 2.14. The van der Waals surface area contributed by atoms with Gasteiger partial charge in [0.25, 0.3) is 5.91 Å². The molecule has 2 aromatic rings. The first-order chi connectivity index (χ1) is 12.0. The van der Waals surface area contributed by atoms with Gasteiger partial charge in [-0.15, -0.1) is 0 Å². The van der Waals surface area contributed by atoms with Crippen molar-refractivity contribution < 1.29 is 24.1 Å². The highest BCUT2D eigenvalue weighted by Crippen LogP contribution is 2.29. The largest absolute Gasteiger partial charge is 0.493 e. The van der Waals surface area contributed by atoms with Crippen LogP contribution in [0.2, 0.25) is 0 Å². The lowest BCUT2D eigenvalue weighted by atomic mass is 10.2. The number of nitrogens with one attached hydrogen (secondary N) is 1. The van der Waals surface area contributed by atoms with Crippen LogP contribution in [0.1, 0.15) is 24.2 Å². The van der Waals surface area contributed by atoms with Crippen LogP contribution in [-0.2, 0) is 0 Å². The summed E-state index contributed by atoms with van der Waals surface area (Å²) in [5.41, 5.74) is 0.864. The molecule has 1 amide bonds. The van der Waals surface area contributed by atoms with Gasteiger partial charge in [0.2, 0.25) is 5.88 Å². The first-order valence-electron chi connectivity index (χ1n) is 7.90. The topological polar surface area (TPSA) is 89.9 Å². The molecule has 7 heteroatoms. The molecule has 0 bridgehead atoms. The zero-order valence-corrected chi connectivity index (χ0v) is 14.5. The summed E-state index contributed by atoms with van der Waals surface area (Å²) in [6.45, 7) is 3.74. The molecule has 0 aliphatic heterocycles. The number of carbonyl (C=O) groups is 1. The van der Waals surface area contributed by atoms with E-state index in [0.29, 0.717) is 28.6 Å². The molecule has 0 radical (unpaired) electrons. The standard InChI is InChI=1S/C18H22N2O5/c1-12(2)25-18-14(5-4-8-19-18)20-17(22)13-6-7-15(23-3)16(11-13)24-10-9-21/h4-8,11-12,21H,9-10H2,1-3H3,(H,20,22). The Hall–Kier alpha value is -2.80. The number of aliphatic hydroxyl groups is 1. The van der Waals surface area contributed by atoms with Gasteiger partial charge in [-0.1, -0.05) is 0 Å². The quantitative estimate of drug-likeness (QED) is 0.763. The number of hydrogen-bond donors (Lipinski definition) is 2. The van der Waals surface area contributed by atoms with Gasteiger partial charge in [0.1, 0.15) is 12.3 Å². The average Bonchev–Trinajstić information content (AvgIpc) is 2.60. The molecular formula is C18H22N2O5. The van der Waals surface area contributed by atoms with Gasteiger partial charge in [0.05, 0.1) is 19.8 Å². The van der Waals surface area contributed by atoms with Crippen LogP contribution in [0.5, 0.6) is 17.4 Å². The lowest BCUT2D eigenvalue weighted by molar-refractivity contribution is 0.102. The normalized spacial score (nSPS) is 10.4. The summed E-state index contributed by atoms with van der Waals surface area (Å²) in [4.78, 5) is 16.7. The van der Waals surface area contributed by atoms with E-state index < -0.39 is 0 Å². The van der Waals surface area contributed by atoms with Crippen LogP contribution in [0.4, 0.5) is 5.69 Å². The Morgan fingerprint density at radius 2 is 2.08 bits per heavy atom. The number of methoxy groups -OCH3 is 1. The third-order valence-corrected chi connectivity index (χ3v) is 3.14. The molecule has 1 aromatic heterocycles. The Balaban J connectivity index is 2.21. The van der Waals surface area contributed by atoms with Crippen LogP contribution in [0.25, 0.3) is 0 Å². The van der Waals surface area contributed by atoms with Crippen LogP contribution >= 0.6 is 0 Å². The van der Waals surface area contributed by atoms with Crippen LogP contribution in [0, 0.1) is 0 Å². The Labute approximate surface area is 146 Å². The van der Waals surface area contributed by atoms with Gasteiger partial charge in [-0.05, 0) is 44.2 Å². The first-order valence-corrected chi connectivity index (χ1v) is 7.90. The summed E-state index contributed by atoms with van der Waals surface area (Å²) >= 11 is 0. The molecule has 25 heavy (non-hydrogen) atoms. The highest BCUT2D eigenvalue weighted by molar-refractivity contribution is 6.05. The van der Waals surface area contributed by atoms with Crippen molar-refractivity contribution in [2.45, 2.75) is 20.0 Å². The summed E-state index contributed by atoms with van der Waals surface area (Å²) in [5, 5.41) is 11.7. The predicted octanol–water partition coefficient (Wildman–Crippen LogP) is 2.50. The minimum Gasteiger partial charge on any atom is -0.493 e. The highest BCUT2D eigenvalue weighted by atomic mass is 16.5. The lowest BCUT2D eigenvalue weighted by Gasteiger charge is -2.14. The van der Waals surface area contributed by atoms with Crippen molar-refractivity contribution in [2.75, 3.05) is 25.6 Å². The second-order valence-electron chi connectivity index (χ2n) is 5.41. The van der Waals surface area contributed by atoms with Gasteiger partial charge in [0.15, 0.2) is 11.5 Å². The zero-order valence-electron chi connectivity index (χ0n) is 14.5. The second kappa shape index (κ2) is 8.89. The summed E-state index contributed by atoms with van der Waals surface area (Å²) in [6.07, 6.45) is 1.53. The smallest absolute Gasteiger partial charge is 0.255 e. The van der Waals surface area contributed by atoms with Crippen LogP contribution < -0.4 is 19.5 Å². The number of carbonyl (C=O) groups excluding carboxylic acids is 1. The van der Waals surface area contributed by atoms with E-state index in [4.69, 9.17) is 19.3 Å². The van der Waals surface area contributed by atoms with Gasteiger partial charge in [-0.3, -0.25) is 4.79 Å². The van der Waals surface area contributed by atoms with Crippen molar-refractivity contribution in [3.05, 3.63) is 42.1 Å². The number of ether oxygens (including phenoxy) is 3. The number of anilines is 1. The lowest BCUT2D eigenvalue weighted by Crippen LogP contribution is -2.15. The van der Waals surface area contributed by atoms with Crippen LogP contribution in [-0.4, -0.2) is 42.4 Å². The van der Waals surface area contributed by atoms with E-state index in [-0.39, 0.29) is 25.2 Å². The molecule has 0 fully saturated rings. The summed E-state index contributed by atoms with van der Waals surface area (Å²) in [6, 6.07) is 8.25. The molecule has 0 unspecified atom stereocenters. The number of aromatic nitrogens is 1. The fourth-order valence-corrected chi connectivity index (χ4v) is 2.08. The number of hydrogen-bond acceptors (Lipinski definition) is 6. The van der Waals surface area contributed by atoms with E-state index in [9.17, 15) is 4.79 Å². The van der Waals surface area contributed by atoms with Gasteiger partial charge < -0.3 is 24.6 Å². The number of aliphatic hydroxyl groups excluding tert-OH is 1. The van der Waals surface area contributed by atoms with Gasteiger partial charge in [-0.25, -0.2) is 4.98 Å². The number of pyridine rings is 1. The van der Waals surface area contributed by atoms with Crippen LogP contribution in [0.3, 0.4) is 0 Å². The third kappa shape index (κ3) is 5.09. The van der Waals surface area contributed by atoms with Crippen molar-refractivity contribution >= 4 is 11.6 Å². The van der Waals surface area contributed by atoms with E-state index in [1.807, 2.05) is 13.8 Å². The number of benzene rings is 1. The molecule has 0 atom stereocenters. The third-order valence-electron chi connectivity index (χ3n) is 3.14. The second-order valence-corrected chi connectivity index (χ2v) is 5.41. The monoisotopic (exact) mass is 346 g/mol. The van der Waals surface area contributed by atoms with Gasteiger partial charge in [-0.2, -0.15) is 0 Å². The molecule has 1 heterocycles. The zero-order chi connectivity index (χ0) is 18.2. The van der Waals surface area contributed by atoms with Crippen molar-refractivity contribution in [2.24, 2.45) is 0 Å². The predicted molar refractivity (Wildman–Crippen MR) is 93.5 cm³/mol. The Kier molecular flexibility index (Phi) is 6.59. The van der Waals surface area contributed by atoms with Gasteiger partial charge in [0, 0.05) is 11.8 Å². The minimum absolute atomic E-state index is 0.0648. The fourth-order valence-electron chi connectivity index (χ4n) is 2.08. The maximum atomic E-state index is 12.5. The fraction of sp³-hybridized carbons (Fsp3) is 0.333. The van der Waals surface area contributed by atoms with E-state index in [1.54, 1.807) is 36.5 Å². The van der Waals surface area contributed by atoms with Crippen molar-refractivity contribution in [3.63, 3.8) is 0 Å². The number of rotatable bonds is 8. The molecule has 0 aliphatic carbocycles. The molecule has 0 aliphatic rings. The molecular weight excluding hydrogens is 324 g/mol. The molecule has 7 nitrogen and oxygen atoms in total. The molecule has 2 rings (SSSR count). The molecule has 2 N–H and O–H groups in total. The van der Waals surface area contributed by atoms with Crippen LogP contribution in [0.15, 0.2) is 36.5 Å². The van der Waals surface area contributed by atoms with Crippen molar-refractivity contribution in [1.82, 2.24) is 4.98 Å². The Morgan fingerprint density at radius 3 is 2.76 bits per heavy atom. The first kappa shape index (κ1) is 18.5.